The van der Waals surface area contributed by atoms with Crippen LogP contribution in [0.25, 0.3) is 11.5 Å². The Balaban J connectivity index is 1.63. The lowest BCUT2D eigenvalue weighted by molar-refractivity contribution is 0.253. The Morgan fingerprint density at radius 2 is 1.90 bits per heavy atom. The van der Waals surface area contributed by atoms with Gasteiger partial charge in [0, 0.05) is 11.6 Å². The Labute approximate surface area is 167 Å². The second-order valence-electron chi connectivity index (χ2n) is 6.08. The van der Waals surface area contributed by atoms with Crippen LogP contribution in [0.1, 0.15) is 19.2 Å². The van der Waals surface area contributed by atoms with E-state index in [0.717, 1.165) is 6.07 Å². The molecule has 0 radical (unpaired) electrons. The van der Waals surface area contributed by atoms with Crippen LogP contribution in [0.5, 0.6) is 11.5 Å². The van der Waals surface area contributed by atoms with Crippen molar-refractivity contribution in [3.63, 3.8) is 0 Å². The molecule has 3 aromatic rings. The number of aromatic nitrogens is 2. The first-order valence-electron chi connectivity index (χ1n) is 8.80. The van der Waals surface area contributed by atoms with Gasteiger partial charge < -0.3 is 13.9 Å². The molecule has 0 saturated carbocycles. The number of anilines is 1. The van der Waals surface area contributed by atoms with E-state index < -0.39 is 15.8 Å². The fraction of sp³-hybridized carbons (Fsp3) is 0.263. The molecule has 0 saturated heterocycles. The average molecular weight is 421 g/mol. The standard InChI is InChI=1S/C19H20FN3O5S/c1-3-10-29(24,25)23-14-6-9-17(16(20)11-14)27-12-18-21-22-19(28-18)13-4-7-15(26-2)8-5-13/h4-9,11,23H,3,10,12H2,1-2H3. The molecule has 0 aliphatic heterocycles. The summed E-state index contributed by atoms with van der Waals surface area (Å²) in [6.07, 6.45) is 0.460. The SMILES string of the molecule is CCCS(=O)(=O)Nc1ccc(OCc2nnc(-c3ccc(OC)cc3)o2)c(F)c1. The molecule has 10 heteroatoms. The van der Waals surface area contributed by atoms with Gasteiger partial charge in [-0.25, -0.2) is 12.8 Å². The van der Waals surface area contributed by atoms with E-state index in [4.69, 9.17) is 13.9 Å². The van der Waals surface area contributed by atoms with Crippen molar-refractivity contribution < 1.29 is 26.7 Å². The Morgan fingerprint density at radius 1 is 1.14 bits per heavy atom. The maximum absolute atomic E-state index is 14.2. The predicted molar refractivity (Wildman–Crippen MR) is 105 cm³/mol. The summed E-state index contributed by atoms with van der Waals surface area (Å²) in [5, 5.41) is 7.82. The fourth-order valence-electron chi connectivity index (χ4n) is 2.48. The van der Waals surface area contributed by atoms with E-state index in [1.54, 1.807) is 38.3 Å². The molecule has 0 fully saturated rings. The molecule has 29 heavy (non-hydrogen) atoms. The summed E-state index contributed by atoms with van der Waals surface area (Å²) >= 11 is 0. The summed E-state index contributed by atoms with van der Waals surface area (Å²) < 4.78 is 56.0. The quantitative estimate of drug-likeness (QED) is 0.563. The Morgan fingerprint density at radius 3 is 2.55 bits per heavy atom. The van der Waals surface area contributed by atoms with Gasteiger partial charge in [0.05, 0.1) is 18.6 Å². The van der Waals surface area contributed by atoms with Crippen LogP contribution in [0.2, 0.25) is 0 Å². The Hall–Kier alpha value is -3.14. The molecular weight excluding hydrogens is 401 g/mol. The highest BCUT2D eigenvalue weighted by atomic mass is 32.2. The van der Waals surface area contributed by atoms with Crippen LogP contribution in [-0.4, -0.2) is 31.5 Å². The molecule has 0 amide bonds. The number of halogens is 1. The molecule has 8 nitrogen and oxygen atoms in total. The zero-order chi connectivity index (χ0) is 20.9. The highest BCUT2D eigenvalue weighted by molar-refractivity contribution is 7.92. The summed E-state index contributed by atoms with van der Waals surface area (Å²) in [6.45, 7) is 1.61. The Bertz CT molecular complexity index is 1070. The summed E-state index contributed by atoms with van der Waals surface area (Å²) in [5.41, 5.74) is 0.835. The van der Waals surface area contributed by atoms with Gasteiger partial charge in [-0.3, -0.25) is 4.72 Å². The van der Waals surface area contributed by atoms with Crippen LogP contribution in [0, 0.1) is 5.82 Å². The topological polar surface area (TPSA) is 104 Å². The van der Waals surface area contributed by atoms with Gasteiger partial charge in [-0.2, -0.15) is 0 Å². The fourth-order valence-corrected chi connectivity index (χ4v) is 3.61. The largest absolute Gasteiger partial charge is 0.497 e. The summed E-state index contributed by atoms with van der Waals surface area (Å²) in [5.74, 6) is 0.355. The van der Waals surface area contributed by atoms with Crippen LogP contribution < -0.4 is 14.2 Å². The minimum Gasteiger partial charge on any atom is -0.497 e. The van der Waals surface area contributed by atoms with Crippen molar-refractivity contribution in [1.82, 2.24) is 10.2 Å². The zero-order valence-electron chi connectivity index (χ0n) is 15.9. The van der Waals surface area contributed by atoms with Crippen molar-refractivity contribution in [3.05, 3.63) is 54.2 Å². The summed E-state index contributed by atoms with van der Waals surface area (Å²) in [7, 11) is -1.92. The third-order valence-electron chi connectivity index (χ3n) is 3.83. The number of nitrogens with zero attached hydrogens (tertiary/aromatic N) is 2. The van der Waals surface area contributed by atoms with Gasteiger partial charge in [0.2, 0.25) is 15.9 Å². The molecule has 0 bridgehead atoms. The summed E-state index contributed by atoms with van der Waals surface area (Å²) in [6, 6.07) is 10.9. The zero-order valence-corrected chi connectivity index (χ0v) is 16.7. The van der Waals surface area contributed by atoms with Gasteiger partial charge in [-0.1, -0.05) is 6.92 Å². The molecule has 0 unspecified atom stereocenters. The third kappa shape index (κ3) is 5.44. The van der Waals surface area contributed by atoms with Gasteiger partial charge >= 0.3 is 0 Å². The number of benzene rings is 2. The number of hydrogen-bond donors (Lipinski definition) is 1. The minimum absolute atomic E-state index is 0.0411. The second kappa shape index (κ2) is 8.91. The summed E-state index contributed by atoms with van der Waals surface area (Å²) in [4.78, 5) is 0. The van der Waals surface area contributed by atoms with Gasteiger partial charge in [0.15, 0.2) is 18.2 Å². The van der Waals surface area contributed by atoms with E-state index in [-0.39, 0.29) is 29.7 Å². The number of ether oxygens (including phenoxy) is 2. The van der Waals surface area contributed by atoms with E-state index in [1.807, 2.05) is 0 Å². The van der Waals surface area contributed by atoms with Crippen molar-refractivity contribution in [2.45, 2.75) is 20.0 Å². The normalized spacial score (nSPS) is 11.3. The molecule has 2 aromatic carbocycles. The van der Waals surface area contributed by atoms with Gasteiger partial charge in [-0.05, 0) is 42.8 Å². The minimum atomic E-state index is -3.50. The first kappa shape index (κ1) is 20.6. The molecule has 1 aromatic heterocycles. The predicted octanol–water partition coefficient (Wildman–Crippen LogP) is 3.62. The van der Waals surface area contributed by atoms with E-state index in [9.17, 15) is 12.8 Å². The number of hydrogen-bond acceptors (Lipinski definition) is 7. The van der Waals surface area contributed by atoms with E-state index in [1.165, 1.54) is 12.1 Å². The molecule has 0 aliphatic carbocycles. The first-order chi connectivity index (χ1) is 13.9. The van der Waals surface area contributed by atoms with Crippen molar-refractivity contribution >= 4 is 15.7 Å². The molecule has 0 aliphatic rings. The van der Waals surface area contributed by atoms with Crippen molar-refractivity contribution in [3.8, 4) is 23.0 Å². The maximum atomic E-state index is 14.2. The lowest BCUT2D eigenvalue weighted by Gasteiger charge is -2.09. The van der Waals surface area contributed by atoms with E-state index in [2.05, 4.69) is 14.9 Å². The molecule has 1 heterocycles. The number of methoxy groups -OCH3 is 1. The average Bonchev–Trinajstić information content (AvgIpc) is 3.16. The highest BCUT2D eigenvalue weighted by Gasteiger charge is 2.13. The Kier molecular flexibility index (Phi) is 6.32. The molecule has 3 rings (SSSR count). The number of nitrogens with one attached hydrogen (secondary N) is 1. The molecular formula is C19H20FN3O5S. The van der Waals surface area contributed by atoms with Crippen LogP contribution in [-0.2, 0) is 16.6 Å². The van der Waals surface area contributed by atoms with Crippen LogP contribution >= 0.6 is 0 Å². The van der Waals surface area contributed by atoms with Gasteiger partial charge in [0.1, 0.15) is 5.75 Å². The van der Waals surface area contributed by atoms with Crippen molar-refractivity contribution in [2.24, 2.45) is 0 Å². The molecule has 1 N–H and O–H groups in total. The smallest absolute Gasteiger partial charge is 0.254 e. The third-order valence-corrected chi connectivity index (χ3v) is 5.33. The van der Waals surface area contributed by atoms with Crippen molar-refractivity contribution in [2.75, 3.05) is 17.6 Å². The van der Waals surface area contributed by atoms with Crippen molar-refractivity contribution in [1.29, 1.82) is 0 Å². The number of sulfonamides is 1. The van der Waals surface area contributed by atoms with Gasteiger partial charge in [-0.15, -0.1) is 10.2 Å². The van der Waals surface area contributed by atoms with E-state index >= 15 is 0 Å². The van der Waals surface area contributed by atoms with Gasteiger partial charge in [0.25, 0.3) is 5.89 Å². The molecule has 154 valence electrons. The highest BCUT2D eigenvalue weighted by Crippen LogP contribution is 2.24. The lowest BCUT2D eigenvalue weighted by atomic mass is 10.2. The van der Waals surface area contributed by atoms with E-state index in [0.29, 0.717) is 23.6 Å². The first-order valence-corrected chi connectivity index (χ1v) is 10.4. The lowest BCUT2D eigenvalue weighted by Crippen LogP contribution is -2.16. The van der Waals surface area contributed by atoms with Crippen LogP contribution in [0.15, 0.2) is 46.9 Å². The molecule has 0 atom stereocenters. The molecule has 0 spiro atoms. The number of rotatable bonds is 9. The van der Waals surface area contributed by atoms with Crippen LogP contribution in [0.4, 0.5) is 10.1 Å². The maximum Gasteiger partial charge on any atom is 0.254 e. The second-order valence-corrected chi connectivity index (χ2v) is 7.93. The monoisotopic (exact) mass is 421 g/mol. The van der Waals surface area contributed by atoms with Crippen LogP contribution in [0.3, 0.4) is 0 Å².